The molecule has 0 aliphatic carbocycles. The molecule has 2 aliphatic heterocycles. The molecule has 6 nitrogen and oxygen atoms in total. The zero-order valence-corrected chi connectivity index (χ0v) is 20.2. The van der Waals surface area contributed by atoms with Gasteiger partial charge >= 0.3 is 0 Å². The average molecular weight is 495 g/mol. The predicted molar refractivity (Wildman–Crippen MR) is 132 cm³/mol. The Morgan fingerprint density at radius 1 is 1.06 bits per heavy atom. The molecule has 0 saturated carbocycles. The highest BCUT2D eigenvalue weighted by atomic mass is 35.5. The second-order valence-electron chi connectivity index (χ2n) is 8.45. The minimum atomic E-state index is -0.607. The summed E-state index contributed by atoms with van der Waals surface area (Å²) in [5, 5.41) is 7.28. The number of aromatic nitrogens is 1. The van der Waals surface area contributed by atoms with Gasteiger partial charge in [0.25, 0.3) is 5.91 Å². The first-order valence-electron chi connectivity index (χ1n) is 11.0. The Bertz CT molecular complexity index is 955. The van der Waals surface area contributed by atoms with Crippen molar-refractivity contribution < 1.29 is 9.00 Å². The van der Waals surface area contributed by atoms with E-state index in [9.17, 15) is 9.00 Å². The van der Waals surface area contributed by atoms with E-state index in [0.29, 0.717) is 33.4 Å². The highest BCUT2D eigenvalue weighted by molar-refractivity contribution is 7.85. The van der Waals surface area contributed by atoms with Gasteiger partial charge in [-0.25, -0.2) is 4.98 Å². The SMILES string of the molecule is O=C(Nc1ccc(Cl)cn1)c1cc(Cl)ccc1NCC1CCN(C2CCS(=O)CC2)CC1. The van der Waals surface area contributed by atoms with Gasteiger partial charge in [0, 0.05) is 51.8 Å². The Morgan fingerprint density at radius 3 is 2.47 bits per heavy atom. The molecule has 9 heteroatoms. The second-order valence-corrected chi connectivity index (χ2v) is 11.0. The molecule has 1 aromatic heterocycles. The van der Waals surface area contributed by atoms with E-state index in [4.69, 9.17) is 23.2 Å². The maximum absolute atomic E-state index is 12.9. The van der Waals surface area contributed by atoms with Gasteiger partial charge in [0.05, 0.1) is 10.6 Å². The van der Waals surface area contributed by atoms with Crippen LogP contribution in [0.1, 0.15) is 36.0 Å². The van der Waals surface area contributed by atoms with Crippen molar-refractivity contribution in [2.45, 2.75) is 31.7 Å². The van der Waals surface area contributed by atoms with E-state index < -0.39 is 10.8 Å². The molecule has 1 aromatic carbocycles. The topological polar surface area (TPSA) is 74.3 Å². The number of anilines is 2. The quantitative estimate of drug-likeness (QED) is 0.609. The number of piperidine rings is 1. The van der Waals surface area contributed by atoms with Crippen LogP contribution < -0.4 is 10.6 Å². The Labute approximate surface area is 201 Å². The molecule has 0 radical (unpaired) electrons. The van der Waals surface area contributed by atoms with Crippen molar-refractivity contribution in [1.29, 1.82) is 0 Å². The minimum Gasteiger partial charge on any atom is -0.384 e. The fourth-order valence-corrected chi connectivity index (χ4v) is 5.97. The van der Waals surface area contributed by atoms with Gasteiger partial charge in [0.1, 0.15) is 5.82 Å². The maximum Gasteiger partial charge on any atom is 0.258 e. The lowest BCUT2D eigenvalue weighted by Gasteiger charge is -2.39. The molecule has 2 aliphatic rings. The highest BCUT2D eigenvalue weighted by Crippen LogP contribution is 2.26. The summed E-state index contributed by atoms with van der Waals surface area (Å²) in [7, 11) is -0.607. The van der Waals surface area contributed by atoms with E-state index in [-0.39, 0.29) is 5.91 Å². The van der Waals surface area contributed by atoms with E-state index >= 15 is 0 Å². The van der Waals surface area contributed by atoms with Crippen LogP contribution in [0.4, 0.5) is 11.5 Å². The van der Waals surface area contributed by atoms with E-state index in [1.54, 1.807) is 24.3 Å². The first kappa shape index (κ1) is 23.5. The predicted octanol–water partition coefficient (Wildman–Crippen LogP) is 4.68. The highest BCUT2D eigenvalue weighted by Gasteiger charge is 2.28. The van der Waals surface area contributed by atoms with Crippen LogP contribution in [0.3, 0.4) is 0 Å². The van der Waals surface area contributed by atoms with E-state index in [2.05, 4.69) is 20.5 Å². The number of carbonyl (C=O) groups excluding carboxylic acids is 1. The minimum absolute atomic E-state index is 0.269. The average Bonchev–Trinajstić information content (AvgIpc) is 2.80. The Balaban J connectivity index is 1.32. The standard InChI is InChI=1S/C23H28Cl2N4O2S/c24-17-1-3-21(20(13-17)23(30)28-22-4-2-18(25)15-27-22)26-14-16-5-9-29(10-6-16)19-7-11-32(31)12-8-19/h1-4,13,15-16,19,26H,5-12,14H2,(H,27,28,30). The van der Waals surface area contributed by atoms with Crippen LogP contribution in [0.25, 0.3) is 0 Å². The number of halogens is 2. The van der Waals surface area contributed by atoms with E-state index in [0.717, 1.165) is 62.5 Å². The third-order valence-electron chi connectivity index (χ3n) is 6.30. The molecule has 2 aromatic rings. The number of likely N-dealkylation sites (tertiary alicyclic amines) is 1. The molecule has 2 N–H and O–H groups in total. The van der Waals surface area contributed by atoms with Gasteiger partial charge in [-0.05, 0) is 75.0 Å². The molecule has 32 heavy (non-hydrogen) atoms. The lowest BCUT2D eigenvalue weighted by atomic mass is 9.94. The summed E-state index contributed by atoms with van der Waals surface area (Å²) in [5.41, 5.74) is 1.25. The van der Waals surface area contributed by atoms with E-state index in [1.807, 2.05) is 6.07 Å². The molecule has 0 bridgehead atoms. The maximum atomic E-state index is 12.9. The molecule has 1 amide bonds. The summed E-state index contributed by atoms with van der Waals surface area (Å²) in [5.74, 6) is 2.41. The summed E-state index contributed by atoms with van der Waals surface area (Å²) in [6.45, 7) is 2.98. The molecule has 172 valence electrons. The molecule has 0 spiro atoms. The molecule has 0 unspecified atom stereocenters. The van der Waals surface area contributed by atoms with Crippen molar-refractivity contribution in [2.75, 3.05) is 41.8 Å². The number of nitrogens with one attached hydrogen (secondary N) is 2. The van der Waals surface area contributed by atoms with Gasteiger partial charge in [-0.2, -0.15) is 0 Å². The van der Waals surface area contributed by atoms with Crippen LogP contribution in [0, 0.1) is 5.92 Å². The van der Waals surface area contributed by atoms with Crippen molar-refractivity contribution in [3.63, 3.8) is 0 Å². The van der Waals surface area contributed by atoms with Gasteiger partial charge in [0.2, 0.25) is 0 Å². The normalized spacial score (nSPS) is 22.4. The number of hydrogen-bond acceptors (Lipinski definition) is 5. The van der Waals surface area contributed by atoms with Gasteiger partial charge in [-0.15, -0.1) is 0 Å². The van der Waals surface area contributed by atoms with Crippen molar-refractivity contribution in [3.05, 3.63) is 52.1 Å². The van der Waals surface area contributed by atoms with Gasteiger partial charge in [-0.1, -0.05) is 23.2 Å². The number of carbonyl (C=O) groups is 1. The van der Waals surface area contributed by atoms with Crippen molar-refractivity contribution in [3.8, 4) is 0 Å². The van der Waals surface area contributed by atoms with Crippen molar-refractivity contribution in [1.82, 2.24) is 9.88 Å². The van der Waals surface area contributed by atoms with Gasteiger partial charge in [-0.3, -0.25) is 9.00 Å². The number of amides is 1. The van der Waals surface area contributed by atoms with Crippen LogP contribution in [0.5, 0.6) is 0 Å². The Morgan fingerprint density at radius 2 is 1.78 bits per heavy atom. The number of nitrogens with zero attached hydrogens (tertiary/aromatic N) is 2. The fourth-order valence-electron chi connectivity index (χ4n) is 4.41. The summed E-state index contributed by atoms with van der Waals surface area (Å²) in [4.78, 5) is 19.6. The number of pyridine rings is 1. The van der Waals surface area contributed by atoms with Gasteiger partial charge < -0.3 is 15.5 Å². The zero-order valence-electron chi connectivity index (χ0n) is 17.9. The summed E-state index contributed by atoms with van der Waals surface area (Å²) < 4.78 is 11.6. The number of hydrogen-bond donors (Lipinski definition) is 2. The monoisotopic (exact) mass is 494 g/mol. The number of benzene rings is 1. The lowest BCUT2D eigenvalue weighted by Crippen LogP contribution is -2.45. The third-order valence-corrected chi connectivity index (χ3v) is 8.14. The third kappa shape index (κ3) is 6.22. The van der Waals surface area contributed by atoms with Gasteiger partial charge in [0.15, 0.2) is 0 Å². The number of rotatable bonds is 6. The smallest absolute Gasteiger partial charge is 0.258 e. The molecule has 2 fully saturated rings. The van der Waals surface area contributed by atoms with Crippen molar-refractivity contribution in [2.24, 2.45) is 5.92 Å². The lowest BCUT2D eigenvalue weighted by molar-refractivity contribution is 0.102. The summed E-state index contributed by atoms with van der Waals surface area (Å²) in [6.07, 6.45) is 5.85. The van der Waals surface area contributed by atoms with Crippen molar-refractivity contribution >= 4 is 51.4 Å². The summed E-state index contributed by atoms with van der Waals surface area (Å²) >= 11 is 12.0. The molecular formula is C23H28Cl2N4O2S. The largest absolute Gasteiger partial charge is 0.384 e. The Hall–Kier alpha value is -1.67. The molecule has 4 rings (SSSR count). The summed E-state index contributed by atoms with van der Waals surface area (Å²) in [6, 6.07) is 9.25. The van der Waals surface area contributed by atoms with Crippen LogP contribution in [-0.2, 0) is 10.8 Å². The van der Waals surface area contributed by atoms with E-state index in [1.165, 1.54) is 6.20 Å². The first-order valence-corrected chi connectivity index (χ1v) is 13.3. The van der Waals surface area contributed by atoms with Crippen LogP contribution in [0.15, 0.2) is 36.5 Å². The molecule has 2 saturated heterocycles. The van der Waals surface area contributed by atoms with Crippen LogP contribution in [-0.4, -0.2) is 57.2 Å². The van der Waals surface area contributed by atoms with Crippen LogP contribution in [0.2, 0.25) is 10.0 Å². The Kier molecular flexibility index (Phi) is 8.05. The molecule has 0 atom stereocenters. The second kappa shape index (κ2) is 11.0. The zero-order chi connectivity index (χ0) is 22.5. The molecular weight excluding hydrogens is 467 g/mol. The molecule has 3 heterocycles. The first-order chi connectivity index (χ1) is 15.5. The van der Waals surface area contributed by atoms with Crippen LogP contribution >= 0.6 is 23.2 Å². The fraction of sp³-hybridized carbons (Fsp3) is 0.478.